The third-order valence-electron chi connectivity index (χ3n) is 4.40. The molecule has 5 heteroatoms. The molecule has 0 spiro atoms. The van der Waals surface area contributed by atoms with E-state index < -0.39 is 0 Å². The number of aryl methyl sites for hydroxylation is 1. The summed E-state index contributed by atoms with van der Waals surface area (Å²) >= 11 is 0. The van der Waals surface area contributed by atoms with E-state index in [0.29, 0.717) is 11.5 Å². The number of fused-ring (bicyclic) bond motifs is 1. The van der Waals surface area contributed by atoms with E-state index in [2.05, 4.69) is 6.92 Å². The van der Waals surface area contributed by atoms with Crippen molar-refractivity contribution in [1.29, 1.82) is 0 Å². The molecule has 0 amide bonds. The van der Waals surface area contributed by atoms with Crippen molar-refractivity contribution < 1.29 is 18.9 Å². The zero-order valence-corrected chi connectivity index (χ0v) is 15.8. The Bertz CT molecular complexity index is 915. The summed E-state index contributed by atoms with van der Waals surface area (Å²) < 4.78 is 21.7. The van der Waals surface area contributed by atoms with Crippen LogP contribution in [0.15, 0.2) is 36.4 Å². The third-order valence-corrected chi connectivity index (χ3v) is 4.40. The van der Waals surface area contributed by atoms with Crippen LogP contribution in [0.1, 0.15) is 12.6 Å². The second-order valence-electron chi connectivity index (χ2n) is 5.84. The van der Waals surface area contributed by atoms with Crippen molar-refractivity contribution in [2.75, 3.05) is 28.4 Å². The molecule has 1 aromatic heterocycles. The molecule has 0 unspecified atom stereocenters. The van der Waals surface area contributed by atoms with Gasteiger partial charge in [0.15, 0.2) is 11.5 Å². The van der Waals surface area contributed by atoms with E-state index in [-0.39, 0.29) is 0 Å². The summed E-state index contributed by atoms with van der Waals surface area (Å²) in [4.78, 5) is 4.86. The van der Waals surface area contributed by atoms with Gasteiger partial charge in [0, 0.05) is 22.7 Å². The van der Waals surface area contributed by atoms with Crippen molar-refractivity contribution in [2.24, 2.45) is 0 Å². The molecule has 1 heterocycles. The Morgan fingerprint density at radius 3 is 1.88 bits per heavy atom. The van der Waals surface area contributed by atoms with Crippen molar-refractivity contribution in [3.8, 4) is 34.3 Å². The van der Waals surface area contributed by atoms with E-state index in [4.69, 9.17) is 23.9 Å². The van der Waals surface area contributed by atoms with E-state index in [1.54, 1.807) is 28.4 Å². The van der Waals surface area contributed by atoms with Crippen LogP contribution in [0.3, 0.4) is 0 Å². The lowest BCUT2D eigenvalue weighted by Crippen LogP contribution is -1.97. The van der Waals surface area contributed by atoms with Crippen LogP contribution < -0.4 is 18.9 Å². The van der Waals surface area contributed by atoms with Gasteiger partial charge in [-0.25, -0.2) is 0 Å². The van der Waals surface area contributed by atoms with Gasteiger partial charge >= 0.3 is 0 Å². The molecular formula is C21H23NO4. The van der Waals surface area contributed by atoms with Gasteiger partial charge in [-0.05, 0) is 42.1 Å². The van der Waals surface area contributed by atoms with Crippen LogP contribution in [0.2, 0.25) is 0 Å². The minimum Gasteiger partial charge on any atom is -0.497 e. The summed E-state index contributed by atoms with van der Waals surface area (Å²) in [7, 11) is 6.56. The van der Waals surface area contributed by atoms with E-state index >= 15 is 0 Å². The number of pyridine rings is 1. The molecular weight excluding hydrogens is 330 g/mol. The maximum absolute atomic E-state index is 5.45. The Morgan fingerprint density at radius 1 is 0.731 bits per heavy atom. The topological polar surface area (TPSA) is 49.8 Å². The predicted octanol–water partition coefficient (Wildman–Crippen LogP) is 4.50. The van der Waals surface area contributed by atoms with Crippen molar-refractivity contribution in [3.05, 3.63) is 42.1 Å². The van der Waals surface area contributed by atoms with Gasteiger partial charge < -0.3 is 18.9 Å². The highest BCUT2D eigenvalue weighted by Crippen LogP contribution is 2.36. The number of nitrogens with zero attached hydrogens (tertiary/aromatic N) is 1. The zero-order chi connectivity index (χ0) is 18.7. The number of hydrogen-bond acceptors (Lipinski definition) is 5. The maximum atomic E-state index is 5.45. The Balaban J connectivity index is 2.24. The van der Waals surface area contributed by atoms with Gasteiger partial charge in [-0.3, -0.25) is 4.98 Å². The minimum absolute atomic E-state index is 0.697. The molecule has 0 aliphatic rings. The maximum Gasteiger partial charge on any atom is 0.161 e. The van der Waals surface area contributed by atoms with Crippen molar-refractivity contribution in [2.45, 2.75) is 13.3 Å². The first-order valence-electron chi connectivity index (χ1n) is 8.42. The molecule has 3 aromatic rings. The Morgan fingerprint density at radius 2 is 1.35 bits per heavy atom. The molecule has 2 aromatic carbocycles. The first-order chi connectivity index (χ1) is 12.6. The molecule has 26 heavy (non-hydrogen) atoms. The van der Waals surface area contributed by atoms with Crippen LogP contribution in [-0.2, 0) is 6.42 Å². The highest BCUT2D eigenvalue weighted by atomic mass is 16.5. The summed E-state index contributed by atoms with van der Waals surface area (Å²) in [6, 6.07) is 11.8. The van der Waals surface area contributed by atoms with Crippen molar-refractivity contribution in [1.82, 2.24) is 4.98 Å². The normalized spacial score (nSPS) is 10.7. The van der Waals surface area contributed by atoms with Crippen LogP contribution in [-0.4, -0.2) is 33.4 Å². The molecule has 0 aliphatic carbocycles. The molecule has 0 N–H and O–H groups in total. The predicted molar refractivity (Wildman–Crippen MR) is 103 cm³/mol. The number of hydrogen-bond donors (Lipinski definition) is 0. The number of rotatable bonds is 6. The van der Waals surface area contributed by atoms with Crippen LogP contribution in [0.25, 0.3) is 22.0 Å². The van der Waals surface area contributed by atoms with Crippen LogP contribution in [0.5, 0.6) is 23.0 Å². The van der Waals surface area contributed by atoms with E-state index in [1.165, 1.54) is 0 Å². The number of methoxy groups -OCH3 is 4. The fourth-order valence-corrected chi connectivity index (χ4v) is 3.02. The van der Waals surface area contributed by atoms with Crippen molar-refractivity contribution in [3.63, 3.8) is 0 Å². The lowest BCUT2D eigenvalue weighted by Gasteiger charge is -2.14. The Kier molecular flexibility index (Phi) is 5.16. The molecule has 0 aliphatic heterocycles. The summed E-state index contributed by atoms with van der Waals surface area (Å²) in [5, 5.41) is 2.11. The third kappa shape index (κ3) is 3.25. The first-order valence-corrected chi connectivity index (χ1v) is 8.42. The van der Waals surface area contributed by atoms with E-state index in [1.807, 2.05) is 36.4 Å². The molecule has 0 bridgehead atoms. The SMILES string of the molecule is CCc1nc(-c2cc(OC)cc(OC)c2)cc2cc(OC)c(OC)cc12. The largest absolute Gasteiger partial charge is 0.497 e. The summed E-state index contributed by atoms with van der Waals surface area (Å²) in [6.07, 6.45) is 0.806. The monoisotopic (exact) mass is 353 g/mol. The van der Waals surface area contributed by atoms with Gasteiger partial charge in [-0.1, -0.05) is 6.92 Å². The number of benzene rings is 2. The summed E-state index contributed by atoms with van der Waals surface area (Å²) in [6.45, 7) is 2.09. The second-order valence-corrected chi connectivity index (χ2v) is 5.84. The standard InChI is InChI=1S/C21H23NO4/c1-6-18-17-12-21(26-5)20(25-4)10-13(17)9-19(22-18)14-7-15(23-2)11-16(8-14)24-3/h7-12H,6H2,1-5H3. The van der Waals surface area contributed by atoms with Crippen LogP contribution >= 0.6 is 0 Å². The van der Waals surface area contributed by atoms with E-state index in [0.717, 1.165) is 45.6 Å². The smallest absolute Gasteiger partial charge is 0.161 e. The molecule has 0 atom stereocenters. The zero-order valence-electron chi connectivity index (χ0n) is 15.8. The lowest BCUT2D eigenvalue weighted by atomic mass is 10.0. The van der Waals surface area contributed by atoms with Crippen LogP contribution in [0.4, 0.5) is 0 Å². The molecule has 136 valence electrons. The fraction of sp³-hybridized carbons (Fsp3) is 0.286. The number of aromatic nitrogens is 1. The molecule has 5 nitrogen and oxygen atoms in total. The van der Waals surface area contributed by atoms with Gasteiger partial charge in [0.25, 0.3) is 0 Å². The molecule has 0 fully saturated rings. The van der Waals surface area contributed by atoms with Gasteiger partial charge in [0.1, 0.15) is 11.5 Å². The first kappa shape index (κ1) is 17.9. The van der Waals surface area contributed by atoms with Crippen LogP contribution in [0, 0.1) is 0 Å². The average Bonchev–Trinajstić information content (AvgIpc) is 2.71. The lowest BCUT2D eigenvalue weighted by molar-refractivity contribution is 0.356. The minimum atomic E-state index is 0.697. The summed E-state index contributed by atoms with van der Waals surface area (Å²) in [5.74, 6) is 2.85. The summed E-state index contributed by atoms with van der Waals surface area (Å²) in [5.41, 5.74) is 2.80. The average molecular weight is 353 g/mol. The Hall–Kier alpha value is -2.95. The van der Waals surface area contributed by atoms with Gasteiger partial charge in [-0.2, -0.15) is 0 Å². The molecule has 3 rings (SSSR count). The fourth-order valence-electron chi connectivity index (χ4n) is 3.02. The number of ether oxygens (including phenoxy) is 4. The highest BCUT2D eigenvalue weighted by Gasteiger charge is 2.13. The van der Waals surface area contributed by atoms with E-state index in [9.17, 15) is 0 Å². The Labute approximate surface area is 153 Å². The second kappa shape index (κ2) is 7.52. The van der Waals surface area contributed by atoms with Gasteiger partial charge in [-0.15, -0.1) is 0 Å². The molecule has 0 radical (unpaired) electrons. The quantitative estimate of drug-likeness (QED) is 0.653. The molecule has 0 saturated heterocycles. The van der Waals surface area contributed by atoms with Crippen molar-refractivity contribution >= 4 is 10.8 Å². The van der Waals surface area contributed by atoms with Gasteiger partial charge in [0.05, 0.1) is 34.1 Å². The highest BCUT2D eigenvalue weighted by molar-refractivity contribution is 5.91. The van der Waals surface area contributed by atoms with Gasteiger partial charge in [0.2, 0.25) is 0 Å². The molecule has 0 saturated carbocycles.